The van der Waals surface area contributed by atoms with Crippen molar-refractivity contribution in [2.45, 2.75) is 13.8 Å². The third-order valence-corrected chi connectivity index (χ3v) is 3.66. The Morgan fingerprint density at radius 2 is 2.09 bits per heavy atom. The quantitative estimate of drug-likeness (QED) is 0.798. The molecule has 3 aromatic rings. The van der Waals surface area contributed by atoms with E-state index in [2.05, 4.69) is 29.4 Å². The van der Waals surface area contributed by atoms with Gasteiger partial charge in [-0.2, -0.15) is 0 Å². The molecule has 0 unspecified atom stereocenters. The van der Waals surface area contributed by atoms with Crippen LogP contribution in [0.25, 0.3) is 17.0 Å². The molecule has 3 rings (SSSR count). The molecule has 0 bridgehead atoms. The molecular weight excluding hydrogens is 312 g/mol. The van der Waals surface area contributed by atoms with Crippen LogP contribution in [0.3, 0.4) is 0 Å². The summed E-state index contributed by atoms with van der Waals surface area (Å²) in [5, 5.41) is 11.9. The number of pyridine rings is 1. The number of carbonyl (C=O) groups is 1. The normalized spacial score (nSPS) is 11.1. The molecule has 0 aliphatic heterocycles. The van der Waals surface area contributed by atoms with Crippen molar-refractivity contribution in [1.29, 1.82) is 0 Å². The summed E-state index contributed by atoms with van der Waals surface area (Å²) in [6.07, 6.45) is 1.80. The first-order valence-corrected chi connectivity index (χ1v) is 7.81. The Labute approximate surface area is 139 Å². The fourth-order valence-electron chi connectivity index (χ4n) is 2.26. The monoisotopic (exact) mass is 328 g/mol. The molecule has 118 valence electrons. The van der Waals surface area contributed by atoms with E-state index >= 15 is 0 Å². The molecule has 0 radical (unpaired) electrons. The highest BCUT2D eigenvalue weighted by Crippen LogP contribution is 2.22. The van der Waals surface area contributed by atoms with Gasteiger partial charge in [0, 0.05) is 28.9 Å². The number of rotatable bonds is 4. The summed E-state index contributed by atoms with van der Waals surface area (Å²) in [6.45, 7) is 4.75. The minimum absolute atomic E-state index is 0.103. The molecule has 0 saturated heterocycles. The maximum absolute atomic E-state index is 12.1. The first-order valence-electron chi connectivity index (χ1n) is 7.43. The Morgan fingerprint density at radius 1 is 1.26 bits per heavy atom. The van der Waals surface area contributed by atoms with Gasteiger partial charge in [-0.05, 0) is 30.2 Å². The Kier molecular flexibility index (Phi) is 4.30. The summed E-state index contributed by atoms with van der Waals surface area (Å²) in [6, 6.07) is 10.9. The SMILES string of the molecule is CC(C)CNC(=O)c1ccn2c(-c3cccc(Cl)c3)nnc2c1. The first kappa shape index (κ1) is 15.5. The Hall–Kier alpha value is -2.40. The molecule has 2 heterocycles. The van der Waals surface area contributed by atoms with Gasteiger partial charge in [-0.3, -0.25) is 9.20 Å². The van der Waals surface area contributed by atoms with Gasteiger partial charge in [0.1, 0.15) is 0 Å². The van der Waals surface area contributed by atoms with Crippen LogP contribution in [0, 0.1) is 5.92 Å². The molecule has 23 heavy (non-hydrogen) atoms. The molecule has 1 amide bonds. The lowest BCUT2D eigenvalue weighted by Gasteiger charge is -2.08. The average Bonchev–Trinajstić information content (AvgIpc) is 2.95. The molecule has 1 N–H and O–H groups in total. The van der Waals surface area contributed by atoms with Gasteiger partial charge in [0.05, 0.1) is 0 Å². The van der Waals surface area contributed by atoms with E-state index in [1.807, 2.05) is 28.7 Å². The lowest BCUT2D eigenvalue weighted by atomic mass is 10.2. The van der Waals surface area contributed by atoms with Crippen molar-refractivity contribution in [2.24, 2.45) is 5.92 Å². The number of hydrogen-bond acceptors (Lipinski definition) is 3. The van der Waals surface area contributed by atoms with E-state index in [4.69, 9.17) is 11.6 Å². The first-order chi connectivity index (χ1) is 11.0. The third-order valence-electron chi connectivity index (χ3n) is 3.43. The summed E-state index contributed by atoms with van der Waals surface area (Å²) in [5.74, 6) is 0.996. The van der Waals surface area contributed by atoms with Crippen LogP contribution in [0.1, 0.15) is 24.2 Å². The second-order valence-corrected chi connectivity index (χ2v) is 6.22. The predicted octanol–water partition coefficient (Wildman–Crippen LogP) is 3.44. The average molecular weight is 329 g/mol. The highest BCUT2D eigenvalue weighted by atomic mass is 35.5. The second kappa shape index (κ2) is 6.38. The van der Waals surface area contributed by atoms with E-state index in [1.54, 1.807) is 18.3 Å². The van der Waals surface area contributed by atoms with Gasteiger partial charge in [0.2, 0.25) is 0 Å². The smallest absolute Gasteiger partial charge is 0.251 e. The lowest BCUT2D eigenvalue weighted by molar-refractivity contribution is 0.0949. The highest BCUT2D eigenvalue weighted by Gasteiger charge is 2.12. The zero-order valence-electron chi connectivity index (χ0n) is 13.0. The molecule has 0 fully saturated rings. The van der Waals surface area contributed by atoms with Crippen LogP contribution in [0.2, 0.25) is 5.02 Å². The van der Waals surface area contributed by atoms with Crippen LogP contribution in [0.15, 0.2) is 42.6 Å². The minimum Gasteiger partial charge on any atom is -0.352 e. The molecule has 5 nitrogen and oxygen atoms in total. The van der Waals surface area contributed by atoms with Gasteiger partial charge in [-0.25, -0.2) is 0 Å². The molecule has 1 aromatic carbocycles. The zero-order valence-corrected chi connectivity index (χ0v) is 13.7. The Balaban J connectivity index is 1.93. The molecule has 0 aliphatic rings. The van der Waals surface area contributed by atoms with Crippen LogP contribution in [-0.4, -0.2) is 27.0 Å². The third kappa shape index (κ3) is 3.35. The van der Waals surface area contributed by atoms with E-state index in [0.29, 0.717) is 34.5 Å². The van der Waals surface area contributed by atoms with Crippen molar-refractivity contribution in [3.63, 3.8) is 0 Å². The summed E-state index contributed by atoms with van der Waals surface area (Å²) >= 11 is 6.03. The van der Waals surface area contributed by atoms with Gasteiger partial charge < -0.3 is 5.32 Å². The summed E-state index contributed by atoms with van der Waals surface area (Å²) in [5.41, 5.74) is 2.07. The maximum Gasteiger partial charge on any atom is 0.251 e. The summed E-state index contributed by atoms with van der Waals surface area (Å²) < 4.78 is 1.84. The standard InChI is InChI=1S/C17H17ClN4O/c1-11(2)10-19-17(23)13-6-7-22-15(9-13)20-21-16(22)12-4-3-5-14(18)8-12/h3-9,11H,10H2,1-2H3,(H,19,23). The lowest BCUT2D eigenvalue weighted by Crippen LogP contribution is -2.27. The highest BCUT2D eigenvalue weighted by molar-refractivity contribution is 6.30. The van der Waals surface area contributed by atoms with Gasteiger partial charge >= 0.3 is 0 Å². The van der Waals surface area contributed by atoms with Gasteiger partial charge in [-0.15, -0.1) is 10.2 Å². The number of halogens is 1. The van der Waals surface area contributed by atoms with E-state index in [0.717, 1.165) is 5.56 Å². The molecule has 2 aromatic heterocycles. The topological polar surface area (TPSA) is 59.3 Å². The minimum atomic E-state index is -0.103. The molecular formula is C17H17ClN4O. The number of benzene rings is 1. The van der Waals surface area contributed by atoms with Crippen LogP contribution >= 0.6 is 11.6 Å². The number of fused-ring (bicyclic) bond motifs is 1. The largest absolute Gasteiger partial charge is 0.352 e. The molecule has 0 spiro atoms. The maximum atomic E-state index is 12.1. The fraction of sp³-hybridized carbons (Fsp3) is 0.235. The van der Waals surface area contributed by atoms with Crippen LogP contribution < -0.4 is 5.32 Å². The van der Waals surface area contributed by atoms with Crippen molar-refractivity contribution < 1.29 is 4.79 Å². The van der Waals surface area contributed by atoms with E-state index in [-0.39, 0.29) is 5.91 Å². The van der Waals surface area contributed by atoms with Crippen molar-refractivity contribution in [2.75, 3.05) is 6.54 Å². The van der Waals surface area contributed by atoms with Gasteiger partial charge in [-0.1, -0.05) is 37.6 Å². The number of nitrogens with one attached hydrogen (secondary N) is 1. The molecule has 0 aliphatic carbocycles. The van der Waals surface area contributed by atoms with E-state index < -0.39 is 0 Å². The molecule has 0 saturated carbocycles. The van der Waals surface area contributed by atoms with Gasteiger partial charge in [0.15, 0.2) is 11.5 Å². The predicted molar refractivity (Wildman–Crippen MR) is 90.6 cm³/mol. The fourth-order valence-corrected chi connectivity index (χ4v) is 2.45. The van der Waals surface area contributed by atoms with E-state index in [9.17, 15) is 4.79 Å². The summed E-state index contributed by atoms with van der Waals surface area (Å²) in [4.78, 5) is 12.1. The van der Waals surface area contributed by atoms with Crippen LogP contribution in [-0.2, 0) is 0 Å². The number of hydrogen-bond donors (Lipinski definition) is 1. The summed E-state index contributed by atoms with van der Waals surface area (Å²) in [7, 11) is 0. The second-order valence-electron chi connectivity index (χ2n) is 5.78. The number of amides is 1. The molecule has 0 atom stereocenters. The van der Waals surface area contributed by atoms with Crippen molar-refractivity contribution in [3.05, 3.63) is 53.2 Å². The number of carbonyl (C=O) groups excluding carboxylic acids is 1. The van der Waals surface area contributed by atoms with Crippen molar-refractivity contribution in [3.8, 4) is 11.4 Å². The van der Waals surface area contributed by atoms with Crippen molar-refractivity contribution >= 4 is 23.2 Å². The van der Waals surface area contributed by atoms with Crippen LogP contribution in [0.4, 0.5) is 0 Å². The Bertz CT molecular complexity index is 857. The number of aromatic nitrogens is 3. The molecule has 6 heteroatoms. The Morgan fingerprint density at radius 3 is 2.83 bits per heavy atom. The zero-order chi connectivity index (χ0) is 16.4. The van der Waals surface area contributed by atoms with Crippen molar-refractivity contribution in [1.82, 2.24) is 19.9 Å². The van der Waals surface area contributed by atoms with Crippen LogP contribution in [0.5, 0.6) is 0 Å². The number of nitrogens with zero attached hydrogens (tertiary/aromatic N) is 3. The van der Waals surface area contributed by atoms with E-state index in [1.165, 1.54) is 0 Å². The van der Waals surface area contributed by atoms with Gasteiger partial charge in [0.25, 0.3) is 5.91 Å².